The van der Waals surface area contributed by atoms with E-state index in [4.69, 9.17) is 5.73 Å². The second-order valence-corrected chi connectivity index (χ2v) is 5.16. The van der Waals surface area contributed by atoms with Crippen LogP contribution in [0.5, 0.6) is 0 Å². The summed E-state index contributed by atoms with van der Waals surface area (Å²) in [5.74, 6) is 0.689. The van der Waals surface area contributed by atoms with Gasteiger partial charge in [0.1, 0.15) is 0 Å². The minimum Gasteiger partial charge on any atom is -0.353 e. The molecule has 1 rings (SSSR count). The molecule has 3 N–H and O–H groups in total. The molecule has 88 valence electrons. The van der Waals surface area contributed by atoms with Gasteiger partial charge in [0, 0.05) is 18.0 Å². The molecule has 3 nitrogen and oxygen atoms in total. The second-order valence-electron chi connectivity index (χ2n) is 5.16. The van der Waals surface area contributed by atoms with Gasteiger partial charge in [-0.1, -0.05) is 20.8 Å². The van der Waals surface area contributed by atoms with Gasteiger partial charge in [-0.05, 0) is 31.6 Å². The van der Waals surface area contributed by atoms with Crippen LogP contribution in [0.2, 0.25) is 0 Å². The van der Waals surface area contributed by atoms with E-state index < -0.39 is 0 Å². The number of carbonyl (C=O) groups is 1. The predicted octanol–water partition coefficient (Wildman–Crippen LogP) is 1.66. The number of carbonyl (C=O) groups excluding carboxylic acids is 1. The number of rotatable bonds is 3. The van der Waals surface area contributed by atoms with Gasteiger partial charge in [0.25, 0.3) is 0 Å². The van der Waals surface area contributed by atoms with Crippen molar-refractivity contribution >= 4 is 5.91 Å². The SMILES string of the molecule is CC(C)C(C)C(=O)NC1CCCC(N)C1. The van der Waals surface area contributed by atoms with Crippen molar-refractivity contribution in [1.29, 1.82) is 0 Å². The molecule has 3 unspecified atom stereocenters. The van der Waals surface area contributed by atoms with Gasteiger partial charge >= 0.3 is 0 Å². The van der Waals surface area contributed by atoms with E-state index in [1.807, 2.05) is 6.92 Å². The van der Waals surface area contributed by atoms with Crippen LogP contribution in [0, 0.1) is 11.8 Å². The maximum atomic E-state index is 11.8. The lowest BCUT2D eigenvalue weighted by Crippen LogP contribution is -2.44. The first kappa shape index (κ1) is 12.5. The van der Waals surface area contributed by atoms with Crippen LogP contribution in [0.1, 0.15) is 46.5 Å². The Bertz CT molecular complexity index is 216. The summed E-state index contributed by atoms with van der Waals surface area (Å²) in [5.41, 5.74) is 5.89. The topological polar surface area (TPSA) is 55.1 Å². The van der Waals surface area contributed by atoms with E-state index in [0.29, 0.717) is 12.0 Å². The summed E-state index contributed by atoms with van der Waals surface area (Å²) in [6.45, 7) is 6.15. The maximum absolute atomic E-state index is 11.8. The van der Waals surface area contributed by atoms with E-state index in [1.54, 1.807) is 0 Å². The average Bonchev–Trinajstić information content (AvgIpc) is 2.16. The van der Waals surface area contributed by atoms with Gasteiger partial charge in [-0.25, -0.2) is 0 Å². The van der Waals surface area contributed by atoms with Crippen LogP contribution in [0.25, 0.3) is 0 Å². The van der Waals surface area contributed by atoms with Crippen LogP contribution in [0.15, 0.2) is 0 Å². The molecule has 0 aromatic heterocycles. The molecule has 0 saturated heterocycles. The normalized spacial score (nSPS) is 28.9. The summed E-state index contributed by atoms with van der Waals surface area (Å²) in [7, 11) is 0. The van der Waals surface area contributed by atoms with Crippen molar-refractivity contribution < 1.29 is 4.79 Å². The average molecular weight is 212 g/mol. The summed E-state index contributed by atoms with van der Waals surface area (Å²) < 4.78 is 0. The Kier molecular flexibility index (Phi) is 4.58. The van der Waals surface area contributed by atoms with Gasteiger partial charge in [0.2, 0.25) is 5.91 Å². The molecule has 3 heteroatoms. The molecule has 3 atom stereocenters. The van der Waals surface area contributed by atoms with Gasteiger partial charge in [-0.3, -0.25) is 4.79 Å². The van der Waals surface area contributed by atoms with Crippen LogP contribution >= 0.6 is 0 Å². The molecule has 0 radical (unpaired) electrons. The van der Waals surface area contributed by atoms with Crippen molar-refractivity contribution in [1.82, 2.24) is 5.32 Å². The third-order valence-electron chi connectivity index (χ3n) is 3.47. The van der Waals surface area contributed by atoms with E-state index in [0.717, 1.165) is 25.7 Å². The largest absolute Gasteiger partial charge is 0.353 e. The Hall–Kier alpha value is -0.570. The first-order valence-electron chi connectivity index (χ1n) is 6.06. The highest BCUT2D eigenvalue weighted by atomic mass is 16.1. The van der Waals surface area contributed by atoms with Crippen LogP contribution in [-0.2, 0) is 4.79 Å². The standard InChI is InChI=1S/C12H24N2O/c1-8(2)9(3)12(15)14-11-6-4-5-10(13)7-11/h8-11H,4-7,13H2,1-3H3,(H,14,15). The van der Waals surface area contributed by atoms with Crippen molar-refractivity contribution in [2.75, 3.05) is 0 Å². The second kappa shape index (κ2) is 5.50. The van der Waals surface area contributed by atoms with E-state index in [1.165, 1.54) is 0 Å². The molecule has 1 fully saturated rings. The molecule has 0 aromatic rings. The summed E-state index contributed by atoms with van der Waals surface area (Å²) in [6.07, 6.45) is 4.27. The summed E-state index contributed by atoms with van der Waals surface area (Å²) in [5, 5.41) is 3.11. The molecule has 1 aliphatic rings. The minimum atomic E-state index is 0.100. The first-order chi connectivity index (χ1) is 7.00. The van der Waals surface area contributed by atoms with Crippen molar-refractivity contribution in [2.24, 2.45) is 17.6 Å². The van der Waals surface area contributed by atoms with Crippen LogP contribution in [0.3, 0.4) is 0 Å². The van der Waals surface area contributed by atoms with Gasteiger partial charge < -0.3 is 11.1 Å². The molecule has 0 spiro atoms. The van der Waals surface area contributed by atoms with E-state index in [2.05, 4.69) is 19.2 Å². The number of hydrogen-bond donors (Lipinski definition) is 2. The van der Waals surface area contributed by atoms with Gasteiger partial charge in [-0.2, -0.15) is 0 Å². The molecule has 0 heterocycles. The molecular weight excluding hydrogens is 188 g/mol. The van der Waals surface area contributed by atoms with Crippen molar-refractivity contribution in [3.63, 3.8) is 0 Å². The van der Waals surface area contributed by atoms with E-state index >= 15 is 0 Å². The van der Waals surface area contributed by atoms with Crippen LogP contribution < -0.4 is 11.1 Å². The van der Waals surface area contributed by atoms with Gasteiger partial charge in [0.15, 0.2) is 0 Å². The molecule has 1 amide bonds. The fourth-order valence-corrected chi connectivity index (χ4v) is 1.99. The molecule has 1 aliphatic carbocycles. The monoisotopic (exact) mass is 212 g/mol. The molecule has 1 saturated carbocycles. The molecule has 0 aromatic carbocycles. The lowest BCUT2D eigenvalue weighted by molar-refractivity contribution is -0.126. The fourth-order valence-electron chi connectivity index (χ4n) is 1.99. The molecule has 0 aliphatic heterocycles. The Morgan fingerprint density at radius 1 is 1.33 bits per heavy atom. The lowest BCUT2D eigenvalue weighted by atomic mass is 9.90. The zero-order valence-corrected chi connectivity index (χ0v) is 10.1. The van der Waals surface area contributed by atoms with E-state index in [9.17, 15) is 4.79 Å². The zero-order valence-electron chi connectivity index (χ0n) is 10.1. The minimum absolute atomic E-state index is 0.100. The van der Waals surface area contributed by atoms with E-state index in [-0.39, 0.29) is 17.9 Å². The van der Waals surface area contributed by atoms with Crippen molar-refractivity contribution in [2.45, 2.75) is 58.5 Å². The smallest absolute Gasteiger partial charge is 0.223 e. The third-order valence-corrected chi connectivity index (χ3v) is 3.47. The fraction of sp³-hybridized carbons (Fsp3) is 0.917. The van der Waals surface area contributed by atoms with Gasteiger partial charge in [-0.15, -0.1) is 0 Å². The summed E-state index contributed by atoms with van der Waals surface area (Å²) in [4.78, 5) is 11.8. The summed E-state index contributed by atoms with van der Waals surface area (Å²) >= 11 is 0. The molecule has 0 bridgehead atoms. The van der Waals surface area contributed by atoms with Gasteiger partial charge in [0.05, 0.1) is 0 Å². The highest BCUT2D eigenvalue weighted by Crippen LogP contribution is 2.18. The van der Waals surface area contributed by atoms with Crippen molar-refractivity contribution in [3.05, 3.63) is 0 Å². The number of nitrogens with two attached hydrogens (primary N) is 1. The Balaban J connectivity index is 2.37. The maximum Gasteiger partial charge on any atom is 0.223 e. The number of hydrogen-bond acceptors (Lipinski definition) is 2. The molecule has 15 heavy (non-hydrogen) atoms. The van der Waals surface area contributed by atoms with Crippen LogP contribution in [0.4, 0.5) is 0 Å². The Morgan fingerprint density at radius 2 is 2.00 bits per heavy atom. The number of amides is 1. The van der Waals surface area contributed by atoms with Crippen LogP contribution in [-0.4, -0.2) is 18.0 Å². The lowest BCUT2D eigenvalue weighted by Gasteiger charge is -2.29. The third kappa shape index (κ3) is 3.82. The first-order valence-corrected chi connectivity index (χ1v) is 6.06. The highest BCUT2D eigenvalue weighted by molar-refractivity contribution is 5.78. The Morgan fingerprint density at radius 3 is 2.53 bits per heavy atom. The highest BCUT2D eigenvalue weighted by Gasteiger charge is 2.23. The zero-order chi connectivity index (χ0) is 11.4. The summed E-state index contributed by atoms with van der Waals surface area (Å²) in [6, 6.07) is 0.584. The molecular formula is C12H24N2O. The number of nitrogens with one attached hydrogen (secondary N) is 1. The predicted molar refractivity (Wildman–Crippen MR) is 62.4 cm³/mol. The quantitative estimate of drug-likeness (QED) is 0.747. The van der Waals surface area contributed by atoms with Crippen molar-refractivity contribution in [3.8, 4) is 0 Å². The Labute approximate surface area is 92.8 Å².